The van der Waals surface area contributed by atoms with Crippen LogP contribution in [-0.2, 0) is 6.18 Å². The van der Waals surface area contributed by atoms with Crippen LogP contribution in [0.3, 0.4) is 0 Å². The molecule has 1 aromatic carbocycles. The SMILES string of the molecule is Cc1sc(-n2c(C)cc(C=NNc3ccc(C(F)(F)F)cc3[N+](=O)[O-])c2C)c(C(=O)O)c1C. The second kappa shape index (κ2) is 8.70. The van der Waals surface area contributed by atoms with Gasteiger partial charge in [-0.05, 0) is 51.5 Å². The third-order valence-electron chi connectivity index (χ3n) is 5.16. The summed E-state index contributed by atoms with van der Waals surface area (Å²) in [5.41, 5.74) is 3.25. The number of nitro groups is 1. The number of alkyl halides is 3. The Kier molecular flexibility index (Phi) is 6.32. The molecule has 0 amide bonds. The van der Waals surface area contributed by atoms with Crippen LogP contribution < -0.4 is 5.43 Å². The number of carboxylic acids is 1. The summed E-state index contributed by atoms with van der Waals surface area (Å²) in [5, 5.41) is 25.4. The van der Waals surface area contributed by atoms with Crippen molar-refractivity contribution in [2.45, 2.75) is 33.9 Å². The van der Waals surface area contributed by atoms with Crippen molar-refractivity contribution >= 4 is 34.9 Å². The first-order valence-corrected chi connectivity index (χ1v) is 10.3. The number of hydrogen-bond acceptors (Lipinski definition) is 6. The molecule has 0 saturated carbocycles. The van der Waals surface area contributed by atoms with E-state index in [4.69, 9.17) is 0 Å². The third-order valence-corrected chi connectivity index (χ3v) is 6.36. The predicted octanol–water partition coefficient (Wildman–Crippen LogP) is 5.84. The minimum Gasteiger partial charge on any atom is -0.478 e. The first-order chi connectivity index (χ1) is 15.3. The molecule has 0 fully saturated rings. The van der Waals surface area contributed by atoms with Gasteiger partial charge in [-0.1, -0.05) is 0 Å². The molecule has 3 aromatic rings. The van der Waals surface area contributed by atoms with E-state index in [9.17, 15) is 33.2 Å². The lowest BCUT2D eigenvalue weighted by Gasteiger charge is -2.09. The number of hydrazone groups is 1. The van der Waals surface area contributed by atoms with E-state index in [2.05, 4.69) is 10.5 Å². The molecule has 0 unspecified atom stereocenters. The Morgan fingerprint density at radius 3 is 2.48 bits per heavy atom. The van der Waals surface area contributed by atoms with E-state index >= 15 is 0 Å². The van der Waals surface area contributed by atoms with Gasteiger partial charge in [-0.3, -0.25) is 15.5 Å². The molecule has 8 nitrogen and oxygen atoms in total. The number of nitrogens with one attached hydrogen (secondary N) is 1. The standard InChI is InChI=1S/C21H19F3N4O4S/c1-10-7-14(12(3)27(10)19-18(20(29)30)11(2)13(4)33-19)9-25-26-16-6-5-15(21(22,23)24)8-17(16)28(31)32/h5-9,26H,1-4H3,(H,29,30). The van der Waals surface area contributed by atoms with Crippen molar-refractivity contribution in [1.29, 1.82) is 0 Å². The zero-order valence-electron chi connectivity index (χ0n) is 17.9. The zero-order valence-corrected chi connectivity index (χ0v) is 18.8. The van der Waals surface area contributed by atoms with Crippen molar-refractivity contribution in [3.8, 4) is 5.00 Å². The van der Waals surface area contributed by atoms with Crippen LogP contribution in [-0.4, -0.2) is 26.8 Å². The summed E-state index contributed by atoms with van der Waals surface area (Å²) in [6.45, 7) is 7.16. The number of carbonyl (C=O) groups is 1. The topological polar surface area (TPSA) is 110 Å². The lowest BCUT2D eigenvalue weighted by Crippen LogP contribution is -2.07. The summed E-state index contributed by atoms with van der Waals surface area (Å²) in [5.74, 6) is -1.04. The largest absolute Gasteiger partial charge is 0.478 e. The van der Waals surface area contributed by atoms with Crippen molar-refractivity contribution in [1.82, 2.24) is 4.57 Å². The fourth-order valence-corrected chi connectivity index (χ4v) is 4.63. The summed E-state index contributed by atoms with van der Waals surface area (Å²) in [4.78, 5) is 23.0. The Bertz CT molecular complexity index is 1290. The summed E-state index contributed by atoms with van der Waals surface area (Å²) < 4.78 is 40.4. The van der Waals surface area contributed by atoms with Gasteiger partial charge in [-0.25, -0.2) is 4.79 Å². The van der Waals surface area contributed by atoms with E-state index in [1.54, 1.807) is 31.4 Å². The third kappa shape index (κ3) is 4.60. The highest BCUT2D eigenvalue weighted by Gasteiger charge is 2.33. The molecule has 2 aromatic heterocycles. The van der Waals surface area contributed by atoms with Crippen molar-refractivity contribution in [3.05, 3.63) is 72.9 Å². The Morgan fingerprint density at radius 1 is 1.24 bits per heavy atom. The van der Waals surface area contributed by atoms with Crippen LogP contribution in [0, 0.1) is 37.8 Å². The molecule has 3 rings (SSSR count). The minimum atomic E-state index is -4.71. The molecule has 0 aliphatic heterocycles. The number of anilines is 1. The fourth-order valence-electron chi connectivity index (χ4n) is 3.37. The fraction of sp³-hybridized carbons (Fsp3) is 0.238. The molecule has 0 saturated heterocycles. The average Bonchev–Trinajstić information content (AvgIpc) is 3.15. The first-order valence-electron chi connectivity index (χ1n) is 9.50. The molecule has 33 heavy (non-hydrogen) atoms. The lowest BCUT2D eigenvalue weighted by molar-refractivity contribution is -0.384. The average molecular weight is 480 g/mol. The number of nitrogens with zero attached hydrogens (tertiary/aromatic N) is 3. The van der Waals surface area contributed by atoms with Gasteiger partial charge in [-0.2, -0.15) is 18.3 Å². The number of halogens is 3. The van der Waals surface area contributed by atoms with Gasteiger partial charge >= 0.3 is 12.1 Å². The maximum Gasteiger partial charge on any atom is 0.416 e. The highest BCUT2D eigenvalue weighted by Crippen LogP contribution is 2.36. The summed E-state index contributed by atoms with van der Waals surface area (Å²) in [7, 11) is 0. The van der Waals surface area contributed by atoms with Gasteiger partial charge in [0.2, 0.25) is 0 Å². The summed E-state index contributed by atoms with van der Waals surface area (Å²) in [6, 6.07) is 3.87. The van der Waals surface area contributed by atoms with Crippen LogP contribution in [0.1, 0.15) is 43.3 Å². The van der Waals surface area contributed by atoms with Crippen LogP contribution in [0.4, 0.5) is 24.5 Å². The molecular formula is C21H19F3N4O4S. The smallest absolute Gasteiger partial charge is 0.416 e. The first kappa shape index (κ1) is 24.0. The lowest BCUT2D eigenvalue weighted by atomic mass is 10.1. The quantitative estimate of drug-likeness (QED) is 0.262. The van der Waals surface area contributed by atoms with Crippen LogP contribution in [0.15, 0.2) is 29.4 Å². The molecule has 0 atom stereocenters. The second-order valence-corrected chi connectivity index (χ2v) is 8.49. The monoisotopic (exact) mass is 480 g/mol. The van der Waals surface area contributed by atoms with Gasteiger partial charge in [0.15, 0.2) is 0 Å². The van der Waals surface area contributed by atoms with Crippen molar-refractivity contribution in [2.75, 3.05) is 5.43 Å². The highest BCUT2D eigenvalue weighted by atomic mass is 32.1. The van der Waals surface area contributed by atoms with E-state index in [-0.39, 0.29) is 11.3 Å². The van der Waals surface area contributed by atoms with E-state index in [0.717, 1.165) is 22.7 Å². The predicted molar refractivity (Wildman–Crippen MR) is 119 cm³/mol. The minimum absolute atomic E-state index is 0.198. The molecule has 0 aliphatic rings. The Labute approximate surface area is 190 Å². The number of rotatable bonds is 6. The zero-order chi connectivity index (χ0) is 24.7. The second-order valence-electron chi connectivity index (χ2n) is 7.29. The van der Waals surface area contributed by atoms with Crippen LogP contribution in [0.25, 0.3) is 5.00 Å². The molecule has 174 valence electrons. The maximum absolute atomic E-state index is 12.9. The number of thiophene rings is 1. The number of aryl methyl sites for hydroxylation is 2. The molecule has 0 bridgehead atoms. The molecule has 2 heterocycles. The molecule has 2 N–H and O–H groups in total. The Balaban J connectivity index is 1.95. The number of nitro benzene ring substituents is 1. The van der Waals surface area contributed by atoms with E-state index in [1.165, 1.54) is 17.6 Å². The van der Waals surface area contributed by atoms with Crippen LogP contribution in [0.5, 0.6) is 0 Å². The van der Waals surface area contributed by atoms with Gasteiger partial charge in [0.05, 0.1) is 22.3 Å². The van der Waals surface area contributed by atoms with Crippen LogP contribution >= 0.6 is 11.3 Å². The highest BCUT2D eigenvalue weighted by molar-refractivity contribution is 7.15. The molecular weight excluding hydrogens is 461 g/mol. The van der Waals surface area contributed by atoms with Crippen LogP contribution in [0.2, 0.25) is 0 Å². The Morgan fingerprint density at radius 2 is 1.91 bits per heavy atom. The van der Waals surface area contributed by atoms with Gasteiger partial charge < -0.3 is 9.67 Å². The van der Waals surface area contributed by atoms with Crippen molar-refractivity contribution in [2.24, 2.45) is 5.10 Å². The number of benzene rings is 1. The van der Waals surface area contributed by atoms with Gasteiger partial charge in [0.1, 0.15) is 10.7 Å². The molecule has 0 spiro atoms. The number of aromatic nitrogens is 1. The molecule has 12 heteroatoms. The van der Waals surface area contributed by atoms with E-state index in [0.29, 0.717) is 27.9 Å². The van der Waals surface area contributed by atoms with E-state index in [1.807, 2.05) is 6.92 Å². The Hall–Kier alpha value is -3.67. The summed E-state index contributed by atoms with van der Waals surface area (Å²) >= 11 is 1.35. The van der Waals surface area contributed by atoms with Crippen molar-refractivity contribution < 1.29 is 28.0 Å². The van der Waals surface area contributed by atoms with E-state index < -0.39 is 28.3 Å². The summed E-state index contributed by atoms with van der Waals surface area (Å²) in [6.07, 6.45) is -3.34. The van der Waals surface area contributed by atoms with Gasteiger partial charge in [0.25, 0.3) is 5.69 Å². The molecule has 0 radical (unpaired) electrons. The van der Waals surface area contributed by atoms with Gasteiger partial charge in [0, 0.05) is 27.9 Å². The van der Waals surface area contributed by atoms with Crippen molar-refractivity contribution in [3.63, 3.8) is 0 Å². The normalized spacial score (nSPS) is 11.8. The number of carboxylic acid groups (broad SMARTS) is 1. The maximum atomic E-state index is 12.9. The number of aromatic carboxylic acids is 1. The molecule has 0 aliphatic carbocycles. The number of hydrogen-bond donors (Lipinski definition) is 2. The van der Waals surface area contributed by atoms with Gasteiger partial charge in [-0.15, -0.1) is 11.3 Å².